The summed E-state index contributed by atoms with van der Waals surface area (Å²) in [5.41, 5.74) is 1.57. The Balaban J connectivity index is 0.00000113. The van der Waals surface area contributed by atoms with Crippen LogP contribution in [0.2, 0.25) is 5.02 Å². The van der Waals surface area contributed by atoms with Crippen molar-refractivity contribution < 1.29 is 4.79 Å². The molecule has 4 nitrogen and oxygen atoms in total. The van der Waals surface area contributed by atoms with Gasteiger partial charge in [0.2, 0.25) is 0 Å². The van der Waals surface area contributed by atoms with Gasteiger partial charge in [-0.15, -0.1) is 36.2 Å². The molecule has 136 valence electrons. The normalized spacial score (nSPS) is 21.9. The molecule has 2 aromatic rings. The number of carbonyl (C=O) groups is 1. The fourth-order valence-electron chi connectivity index (χ4n) is 3.54. The van der Waals surface area contributed by atoms with Crippen LogP contribution in [0.4, 0.5) is 0 Å². The predicted octanol–water partition coefficient (Wildman–Crippen LogP) is 4.27. The van der Waals surface area contributed by atoms with E-state index < -0.39 is 0 Å². The number of aromatic nitrogens is 1. The van der Waals surface area contributed by atoms with Crippen molar-refractivity contribution >= 4 is 53.7 Å². The van der Waals surface area contributed by atoms with E-state index in [9.17, 15) is 4.79 Å². The molecule has 1 aromatic carbocycles. The van der Waals surface area contributed by atoms with Crippen LogP contribution in [0.3, 0.4) is 0 Å². The molecule has 2 fully saturated rings. The lowest BCUT2D eigenvalue weighted by atomic mass is 10.1. The molecule has 25 heavy (non-hydrogen) atoms. The van der Waals surface area contributed by atoms with E-state index in [0.29, 0.717) is 22.8 Å². The topological polar surface area (TPSA) is 45.2 Å². The Bertz CT molecular complexity index is 708. The van der Waals surface area contributed by atoms with Gasteiger partial charge in [-0.2, -0.15) is 0 Å². The van der Waals surface area contributed by atoms with Gasteiger partial charge in [0.1, 0.15) is 10.7 Å². The first-order valence-electron chi connectivity index (χ1n) is 7.97. The predicted molar refractivity (Wildman–Crippen MR) is 108 cm³/mol. The van der Waals surface area contributed by atoms with E-state index in [-0.39, 0.29) is 30.7 Å². The Hall–Kier alpha value is -0.850. The summed E-state index contributed by atoms with van der Waals surface area (Å²) in [6, 6.07) is 8.25. The van der Waals surface area contributed by atoms with Crippen LogP contribution >= 0.6 is 47.8 Å². The highest BCUT2D eigenvalue weighted by Crippen LogP contribution is 2.31. The van der Waals surface area contributed by atoms with Crippen LogP contribution in [0.25, 0.3) is 10.6 Å². The van der Waals surface area contributed by atoms with Crippen LogP contribution in [-0.4, -0.2) is 41.0 Å². The summed E-state index contributed by atoms with van der Waals surface area (Å²) in [4.78, 5) is 19.6. The third kappa shape index (κ3) is 4.12. The van der Waals surface area contributed by atoms with Crippen LogP contribution in [0, 0.1) is 0 Å². The molecule has 2 aliphatic heterocycles. The molecule has 2 bridgehead atoms. The molecule has 0 radical (unpaired) electrons. The van der Waals surface area contributed by atoms with E-state index in [0.717, 1.165) is 42.9 Å². The highest BCUT2D eigenvalue weighted by Gasteiger charge is 2.39. The third-order valence-electron chi connectivity index (χ3n) is 4.70. The average molecular weight is 421 g/mol. The van der Waals surface area contributed by atoms with Crippen molar-refractivity contribution in [2.24, 2.45) is 0 Å². The quantitative estimate of drug-likeness (QED) is 0.789. The molecule has 2 saturated heterocycles. The fraction of sp³-hybridized carbons (Fsp3) is 0.412. The Morgan fingerprint density at radius 2 is 1.88 bits per heavy atom. The first-order valence-corrected chi connectivity index (χ1v) is 9.23. The zero-order valence-corrected chi connectivity index (χ0v) is 16.7. The van der Waals surface area contributed by atoms with Crippen LogP contribution in [-0.2, 0) is 0 Å². The average Bonchev–Trinajstić information content (AvgIpc) is 3.11. The summed E-state index contributed by atoms with van der Waals surface area (Å²) < 4.78 is 0. The van der Waals surface area contributed by atoms with Gasteiger partial charge in [-0.3, -0.25) is 4.79 Å². The smallest absolute Gasteiger partial charge is 0.273 e. The van der Waals surface area contributed by atoms with Gasteiger partial charge in [-0.25, -0.2) is 4.98 Å². The zero-order chi connectivity index (χ0) is 15.8. The van der Waals surface area contributed by atoms with Crippen molar-refractivity contribution in [3.63, 3.8) is 0 Å². The highest BCUT2D eigenvalue weighted by molar-refractivity contribution is 7.13. The molecule has 4 rings (SSSR count). The summed E-state index contributed by atoms with van der Waals surface area (Å²) in [5, 5.41) is 6.88. The highest BCUT2D eigenvalue weighted by atomic mass is 35.5. The molecule has 0 aliphatic carbocycles. The number of fused-ring (bicyclic) bond motifs is 2. The lowest BCUT2D eigenvalue weighted by molar-refractivity contribution is 0.0675. The first-order chi connectivity index (χ1) is 11.2. The van der Waals surface area contributed by atoms with Crippen LogP contribution in [0.15, 0.2) is 29.6 Å². The van der Waals surface area contributed by atoms with Gasteiger partial charge in [0.15, 0.2) is 0 Å². The third-order valence-corrected chi connectivity index (χ3v) is 5.85. The van der Waals surface area contributed by atoms with Crippen molar-refractivity contribution in [2.45, 2.75) is 31.3 Å². The van der Waals surface area contributed by atoms with Gasteiger partial charge in [-0.1, -0.05) is 23.7 Å². The summed E-state index contributed by atoms with van der Waals surface area (Å²) >= 11 is 7.44. The SMILES string of the molecule is Cl.Cl.O=C(c1csc(-c2ccc(Cl)cc2)n1)N1C2CCNCC1CC2. The molecule has 2 unspecified atom stereocenters. The minimum Gasteiger partial charge on any atom is -0.330 e. The monoisotopic (exact) mass is 419 g/mol. The number of thiazole rings is 1. The van der Waals surface area contributed by atoms with E-state index >= 15 is 0 Å². The summed E-state index contributed by atoms with van der Waals surface area (Å²) in [6.45, 7) is 1.90. The molecule has 1 amide bonds. The lowest BCUT2D eigenvalue weighted by Crippen LogP contribution is -2.42. The standard InChI is InChI=1S/C17H18ClN3OS.2ClH/c18-12-3-1-11(2-4-12)16-20-15(10-23-16)17(22)21-13-5-6-14(21)9-19-8-7-13;;/h1-4,10,13-14,19H,5-9H2;2*1H. The van der Waals surface area contributed by atoms with Crippen molar-refractivity contribution in [1.29, 1.82) is 0 Å². The van der Waals surface area contributed by atoms with E-state index in [1.807, 2.05) is 29.6 Å². The van der Waals surface area contributed by atoms with Gasteiger partial charge in [0, 0.05) is 34.6 Å². The molecule has 8 heteroatoms. The van der Waals surface area contributed by atoms with E-state index in [2.05, 4.69) is 15.2 Å². The molecule has 0 spiro atoms. The molecule has 1 aromatic heterocycles. The van der Waals surface area contributed by atoms with Gasteiger partial charge < -0.3 is 10.2 Å². The number of hydrogen-bond donors (Lipinski definition) is 1. The lowest BCUT2D eigenvalue weighted by Gasteiger charge is -2.27. The van der Waals surface area contributed by atoms with Crippen molar-refractivity contribution in [1.82, 2.24) is 15.2 Å². The van der Waals surface area contributed by atoms with E-state index in [1.165, 1.54) is 11.3 Å². The number of nitrogens with one attached hydrogen (secondary N) is 1. The largest absolute Gasteiger partial charge is 0.330 e. The van der Waals surface area contributed by atoms with E-state index in [1.54, 1.807) is 0 Å². The second-order valence-electron chi connectivity index (χ2n) is 6.14. The number of nitrogens with zero attached hydrogens (tertiary/aromatic N) is 2. The molecular formula is C17H20Cl3N3OS. The molecular weight excluding hydrogens is 401 g/mol. The number of amides is 1. The number of rotatable bonds is 2. The van der Waals surface area contributed by atoms with Crippen molar-refractivity contribution in [2.75, 3.05) is 13.1 Å². The summed E-state index contributed by atoms with van der Waals surface area (Å²) in [5.74, 6) is 0.0812. The van der Waals surface area contributed by atoms with Gasteiger partial charge in [0.05, 0.1) is 0 Å². The summed E-state index contributed by atoms with van der Waals surface area (Å²) in [7, 11) is 0. The number of benzene rings is 1. The van der Waals surface area contributed by atoms with Crippen LogP contribution < -0.4 is 5.32 Å². The zero-order valence-electron chi connectivity index (χ0n) is 13.5. The Labute approximate surface area is 168 Å². The van der Waals surface area contributed by atoms with Gasteiger partial charge in [-0.05, 0) is 37.9 Å². The Morgan fingerprint density at radius 3 is 2.64 bits per heavy atom. The summed E-state index contributed by atoms with van der Waals surface area (Å²) in [6.07, 6.45) is 3.25. The van der Waals surface area contributed by atoms with Crippen molar-refractivity contribution in [3.8, 4) is 10.6 Å². The first kappa shape index (κ1) is 20.5. The maximum absolute atomic E-state index is 12.9. The van der Waals surface area contributed by atoms with E-state index in [4.69, 9.17) is 11.6 Å². The second kappa shape index (κ2) is 8.69. The fourth-order valence-corrected chi connectivity index (χ4v) is 4.47. The molecule has 2 atom stereocenters. The molecule has 2 aliphatic rings. The second-order valence-corrected chi connectivity index (χ2v) is 7.43. The van der Waals surface area contributed by atoms with Crippen molar-refractivity contribution in [3.05, 3.63) is 40.4 Å². The van der Waals surface area contributed by atoms with Crippen LogP contribution in [0.1, 0.15) is 29.8 Å². The molecule has 3 heterocycles. The van der Waals surface area contributed by atoms with Gasteiger partial charge in [0.25, 0.3) is 5.91 Å². The number of halogens is 3. The minimum absolute atomic E-state index is 0. The maximum atomic E-state index is 12.9. The van der Waals surface area contributed by atoms with Gasteiger partial charge >= 0.3 is 0 Å². The molecule has 0 saturated carbocycles. The minimum atomic E-state index is 0. The van der Waals surface area contributed by atoms with Crippen LogP contribution in [0.5, 0.6) is 0 Å². The maximum Gasteiger partial charge on any atom is 0.273 e. The Kier molecular flexibility index (Phi) is 7.11. The number of carbonyl (C=O) groups excluding carboxylic acids is 1. The molecule has 1 N–H and O–H groups in total. The number of hydrogen-bond acceptors (Lipinski definition) is 4. The Morgan fingerprint density at radius 1 is 1.16 bits per heavy atom.